The van der Waals surface area contributed by atoms with Gasteiger partial charge in [0.25, 0.3) is 0 Å². The molecule has 0 aliphatic rings. The molecule has 24 heavy (non-hydrogen) atoms. The van der Waals surface area contributed by atoms with Crippen LogP contribution in [0, 0.1) is 5.92 Å². The molecular formula is C18H18N2O3S. The first-order valence-electron chi connectivity index (χ1n) is 7.61. The number of hydrogen-bond donors (Lipinski definition) is 2. The molecule has 0 radical (unpaired) electrons. The molecule has 0 fully saturated rings. The smallest absolute Gasteiger partial charge is 0.310 e. The summed E-state index contributed by atoms with van der Waals surface area (Å²) in [6.45, 7) is 0.438. The fourth-order valence-corrected chi connectivity index (χ4v) is 3.35. The van der Waals surface area contributed by atoms with Crippen molar-refractivity contribution in [2.75, 3.05) is 19.0 Å². The summed E-state index contributed by atoms with van der Waals surface area (Å²) in [7, 11) is 1.39. The number of hydrogen-bond acceptors (Lipinski definition) is 6. The summed E-state index contributed by atoms with van der Waals surface area (Å²) in [5.41, 5.74) is 1.91. The highest BCUT2D eigenvalue weighted by Gasteiger charge is 2.20. The summed E-state index contributed by atoms with van der Waals surface area (Å²) >= 11 is 1.56. The summed E-state index contributed by atoms with van der Waals surface area (Å²) in [5, 5.41) is 13.4. The minimum absolute atomic E-state index is 0.209. The molecule has 1 atom stereocenters. The number of methoxy groups -OCH3 is 1. The number of nitrogens with one attached hydrogen (secondary N) is 1. The van der Waals surface area contributed by atoms with E-state index in [-0.39, 0.29) is 17.6 Å². The van der Waals surface area contributed by atoms with Gasteiger partial charge in [0, 0.05) is 6.54 Å². The first-order valence-corrected chi connectivity index (χ1v) is 8.42. The van der Waals surface area contributed by atoms with Crippen molar-refractivity contribution in [1.29, 1.82) is 0 Å². The van der Waals surface area contributed by atoms with Crippen LogP contribution in [0.2, 0.25) is 0 Å². The molecule has 1 aromatic heterocycles. The number of thiazole rings is 1. The van der Waals surface area contributed by atoms with Crippen LogP contribution >= 0.6 is 11.3 Å². The zero-order chi connectivity index (χ0) is 16.9. The van der Waals surface area contributed by atoms with Crippen molar-refractivity contribution >= 4 is 32.7 Å². The van der Waals surface area contributed by atoms with Gasteiger partial charge < -0.3 is 15.2 Å². The summed E-state index contributed by atoms with van der Waals surface area (Å²) < 4.78 is 6.02. The van der Waals surface area contributed by atoms with E-state index in [0.29, 0.717) is 13.0 Å². The van der Waals surface area contributed by atoms with Gasteiger partial charge in [-0.25, -0.2) is 4.98 Å². The van der Waals surface area contributed by atoms with Gasteiger partial charge in [-0.05, 0) is 36.2 Å². The van der Waals surface area contributed by atoms with E-state index < -0.39 is 0 Å². The first kappa shape index (κ1) is 16.3. The van der Waals surface area contributed by atoms with Crippen molar-refractivity contribution in [3.8, 4) is 5.75 Å². The highest BCUT2D eigenvalue weighted by atomic mass is 32.1. The summed E-state index contributed by atoms with van der Waals surface area (Å²) in [6.07, 6.45) is 0.533. The molecule has 124 valence electrons. The zero-order valence-corrected chi connectivity index (χ0v) is 14.0. The minimum atomic E-state index is -0.327. The summed E-state index contributed by atoms with van der Waals surface area (Å²) in [5.74, 6) is -0.385. The third kappa shape index (κ3) is 3.83. The second-order valence-electron chi connectivity index (χ2n) is 5.46. The SMILES string of the molecule is COC(=O)C(CNc1nc2ccccc2s1)Cc1ccc(O)cc1. The third-order valence-electron chi connectivity index (χ3n) is 3.75. The van der Waals surface area contributed by atoms with Crippen LogP contribution in [0.25, 0.3) is 10.2 Å². The number of nitrogens with zero attached hydrogens (tertiary/aromatic N) is 1. The van der Waals surface area contributed by atoms with E-state index in [1.165, 1.54) is 7.11 Å². The maximum atomic E-state index is 12.0. The van der Waals surface area contributed by atoms with Gasteiger partial charge >= 0.3 is 5.97 Å². The average molecular weight is 342 g/mol. The molecule has 0 amide bonds. The molecule has 0 aliphatic heterocycles. The molecule has 2 N–H and O–H groups in total. The molecular weight excluding hydrogens is 324 g/mol. The second kappa shape index (κ2) is 7.31. The number of fused-ring (bicyclic) bond motifs is 1. The molecule has 0 spiro atoms. The maximum Gasteiger partial charge on any atom is 0.310 e. The number of rotatable bonds is 6. The van der Waals surface area contributed by atoms with Crippen molar-refractivity contribution in [3.05, 3.63) is 54.1 Å². The highest BCUT2D eigenvalue weighted by molar-refractivity contribution is 7.22. The Bertz CT molecular complexity index is 797. The maximum absolute atomic E-state index is 12.0. The molecule has 1 unspecified atom stereocenters. The van der Waals surface area contributed by atoms with E-state index >= 15 is 0 Å². The fourth-order valence-electron chi connectivity index (χ4n) is 2.48. The number of aromatic nitrogens is 1. The lowest BCUT2D eigenvalue weighted by Gasteiger charge is -2.15. The van der Waals surface area contributed by atoms with Crippen LogP contribution in [-0.2, 0) is 16.0 Å². The van der Waals surface area contributed by atoms with Crippen molar-refractivity contribution in [3.63, 3.8) is 0 Å². The standard InChI is InChI=1S/C18H18N2O3S/c1-23-17(22)13(10-12-6-8-14(21)9-7-12)11-19-18-20-15-4-2-3-5-16(15)24-18/h2-9,13,21H,10-11H2,1H3,(H,19,20). The zero-order valence-electron chi connectivity index (χ0n) is 13.2. The monoisotopic (exact) mass is 342 g/mol. The van der Waals surface area contributed by atoms with E-state index in [2.05, 4.69) is 10.3 Å². The Kier molecular flexibility index (Phi) is 4.96. The normalized spacial score (nSPS) is 12.0. The van der Waals surface area contributed by atoms with E-state index in [9.17, 15) is 9.90 Å². The summed E-state index contributed by atoms with van der Waals surface area (Å²) in [6, 6.07) is 14.8. The van der Waals surface area contributed by atoms with Gasteiger partial charge in [0.05, 0.1) is 23.2 Å². The number of phenolic OH excluding ortho intramolecular Hbond substituents is 1. The molecule has 5 nitrogen and oxygen atoms in total. The number of anilines is 1. The Balaban J connectivity index is 1.69. The highest BCUT2D eigenvalue weighted by Crippen LogP contribution is 2.26. The van der Waals surface area contributed by atoms with Crippen LogP contribution < -0.4 is 5.32 Å². The van der Waals surface area contributed by atoms with Gasteiger partial charge in [0.15, 0.2) is 5.13 Å². The number of para-hydroxylation sites is 1. The predicted molar refractivity (Wildman–Crippen MR) is 95.4 cm³/mol. The van der Waals surface area contributed by atoms with Crippen LogP contribution in [0.5, 0.6) is 5.75 Å². The number of benzene rings is 2. The Morgan fingerprint density at radius 2 is 2.00 bits per heavy atom. The molecule has 2 aromatic carbocycles. The quantitative estimate of drug-likeness (QED) is 0.672. The van der Waals surface area contributed by atoms with Crippen LogP contribution in [0.3, 0.4) is 0 Å². The van der Waals surface area contributed by atoms with Crippen molar-refractivity contribution in [2.45, 2.75) is 6.42 Å². The molecule has 0 bridgehead atoms. The Hall–Kier alpha value is -2.60. The van der Waals surface area contributed by atoms with Gasteiger partial charge in [-0.1, -0.05) is 35.6 Å². The molecule has 0 aliphatic carbocycles. The van der Waals surface area contributed by atoms with E-state index in [1.807, 2.05) is 36.4 Å². The molecule has 0 saturated heterocycles. The lowest BCUT2D eigenvalue weighted by Crippen LogP contribution is -2.26. The number of phenols is 1. The topological polar surface area (TPSA) is 71.5 Å². The molecule has 3 rings (SSSR count). The van der Waals surface area contributed by atoms with E-state index in [0.717, 1.165) is 20.9 Å². The molecule has 3 aromatic rings. The van der Waals surface area contributed by atoms with Gasteiger partial charge in [-0.15, -0.1) is 0 Å². The lowest BCUT2D eigenvalue weighted by atomic mass is 9.99. The van der Waals surface area contributed by atoms with Gasteiger partial charge in [0.2, 0.25) is 0 Å². The van der Waals surface area contributed by atoms with Gasteiger partial charge in [0.1, 0.15) is 5.75 Å². The minimum Gasteiger partial charge on any atom is -0.508 e. The molecule has 6 heteroatoms. The average Bonchev–Trinajstić information content (AvgIpc) is 3.02. The van der Waals surface area contributed by atoms with E-state index in [4.69, 9.17) is 4.74 Å². The van der Waals surface area contributed by atoms with Crippen LogP contribution in [0.15, 0.2) is 48.5 Å². The van der Waals surface area contributed by atoms with Crippen molar-refractivity contribution < 1.29 is 14.6 Å². The van der Waals surface area contributed by atoms with Gasteiger partial charge in [-0.2, -0.15) is 0 Å². The Morgan fingerprint density at radius 1 is 1.25 bits per heavy atom. The Morgan fingerprint density at radius 3 is 2.71 bits per heavy atom. The first-order chi connectivity index (χ1) is 11.7. The number of carbonyl (C=O) groups is 1. The number of aromatic hydroxyl groups is 1. The van der Waals surface area contributed by atoms with Crippen molar-refractivity contribution in [2.24, 2.45) is 5.92 Å². The molecule has 0 saturated carbocycles. The number of carbonyl (C=O) groups excluding carboxylic acids is 1. The molecule has 1 heterocycles. The van der Waals surface area contributed by atoms with Crippen LogP contribution in [0.1, 0.15) is 5.56 Å². The number of esters is 1. The number of ether oxygens (including phenoxy) is 1. The van der Waals surface area contributed by atoms with E-state index in [1.54, 1.807) is 23.5 Å². The Labute approximate surface area is 143 Å². The fraction of sp³-hybridized carbons (Fsp3) is 0.222. The van der Waals surface area contributed by atoms with Crippen LogP contribution in [-0.4, -0.2) is 29.7 Å². The largest absolute Gasteiger partial charge is 0.508 e. The predicted octanol–water partition coefficient (Wildman–Crippen LogP) is 3.45. The lowest BCUT2D eigenvalue weighted by molar-refractivity contribution is -0.144. The third-order valence-corrected chi connectivity index (χ3v) is 4.74. The van der Waals surface area contributed by atoms with Crippen LogP contribution in [0.4, 0.5) is 5.13 Å². The second-order valence-corrected chi connectivity index (χ2v) is 6.49. The van der Waals surface area contributed by atoms with Crippen molar-refractivity contribution in [1.82, 2.24) is 4.98 Å². The van der Waals surface area contributed by atoms with Gasteiger partial charge in [-0.3, -0.25) is 4.79 Å². The summed E-state index contributed by atoms with van der Waals surface area (Å²) in [4.78, 5) is 16.6.